The Balaban J connectivity index is 2.29. The summed E-state index contributed by atoms with van der Waals surface area (Å²) >= 11 is 5.75. The number of benzene rings is 1. The number of amides is 2. The van der Waals surface area contributed by atoms with Gasteiger partial charge in [-0.25, -0.2) is 0 Å². The molecule has 0 atom stereocenters. The molecule has 108 valence electrons. The number of ether oxygens (including phenoxy) is 1. The Kier molecular flexibility index (Phi) is 7.39. The van der Waals surface area contributed by atoms with Crippen molar-refractivity contribution in [2.45, 2.75) is 13.3 Å². The molecule has 1 aromatic carbocycles. The molecule has 0 fully saturated rings. The van der Waals surface area contributed by atoms with Crippen LogP contribution in [0.2, 0.25) is 5.02 Å². The Morgan fingerprint density at radius 3 is 2.60 bits per heavy atom. The fourth-order valence-electron chi connectivity index (χ4n) is 1.29. The summed E-state index contributed by atoms with van der Waals surface area (Å²) in [5.41, 5.74) is 5.42. The summed E-state index contributed by atoms with van der Waals surface area (Å²) in [5, 5.41) is 0.633. The lowest BCUT2D eigenvalue weighted by Crippen LogP contribution is -2.41. The van der Waals surface area contributed by atoms with E-state index in [9.17, 15) is 9.59 Å². The molecule has 0 heterocycles. The third-order valence-corrected chi connectivity index (χ3v) is 2.55. The zero-order valence-electron chi connectivity index (χ0n) is 11.2. The average Bonchev–Trinajstić information content (AvgIpc) is 2.45. The van der Waals surface area contributed by atoms with E-state index in [0.29, 0.717) is 18.2 Å². The SMILES string of the molecule is CCOCCC(=O)NNC(=O)/C=C/c1ccc(Cl)cc1. The van der Waals surface area contributed by atoms with Gasteiger partial charge in [-0.05, 0) is 30.7 Å². The fraction of sp³-hybridized carbons (Fsp3) is 0.286. The van der Waals surface area contributed by atoms with Gasteiger partial charge in [-0.3, -0.25) is 20.4 Å². The van der Waals surface area contributed by atoms with Gasteiger partial charge in [0.1, 0.15) is 0 Å². The Hall–Kier alpha value is -1.85. The summed E-state index contributed by atoms with van der Waals surface area (Å²) in [6.45, 7) is 2.74. The van der Waals surface area contributed by atoms with Crippen molar-refractivity contribution < 1.29 is 14.3 Å². The maximum absolute atomic E-state index is 11.4. The molecular weight excluding hydrogens is 280 g/mol. The maximum Gasteiger partial charge on any atom is 0.262 e. The van der Waals surface area contributed by atoms with Crippen molar-refractivity contribution in [2.24, 2.45) is 0 Å². The number of carbonyl (C=O) groups excluding carboxylic acids is 2. The van der Waals surface area contributed by atoms with Crippen LogP contribution in [0.25, 0.3) is 6.08 Å². The quantitative estimate of drug-likeness (QED) is 0.479. The van der Waals surface area contributed by atoms with Crippen LogP contribution in [0.5, 0.6) is 0 Å². The van der Waals surface area contributed by atoms with Gasteiger partial charge in [-0.15, -0.1) is 0 Å². The van der Waals surface area contributed by atoms with E-state index in [1.54, 1.807) is 30.3 Å². The minimum atomic E-state index is -0.412. The number of hydrazine groups is 1. The van der Waals surface area contributed by atoms with Gasteiger partial charge in [0, 0.05) is 17.7 Å². The molecule has 0 unspecified atom stereocenters. The van der Waals surface area contributed by atoms with Crippen LogP contribution in [0.4, 0.5) is 0 Å². The van der Waals surface area contributed by atoms with E-state index in [0.717, 1.165) is 5.56 Å². The Bertz CT molecular complexity index is 472. The molecule has 2 amide bonds. The number of carbonyl (C=O) groups is 2. The number of halogens is 1. The lowest BCUT2D eigenvalue weighted by molar-refractivity contribution is -0.127. The second kappa shape index (κ2) is 9.12. The van der Waals surface area contributed by atoms with Crippen molar-refractivity contribution in [3.05, 3.63) is 40.9 Å². The van der Waals surface area contributed by atoms with Crippen molar-refractivity contribution in [1.82, 2.24) is 10.9 Å². The molecule has 0 radical (unpaired) electrons. The zero-order valence-corrected chi connectivity index (χ0v) is 11.9. The van der Waals surface area contributed by atoms with Crippen molar-refractivity contribution >= 4 is 29.5 Å². The maximum atomic E-state index is 11.4. The molecule has 20 heavy (non-hydrogen) atoms. The first-order valence-corrected chi connectivity index (χ1v) is 6.60. The molecule has 0 bridgehead atoms. The summed E-state index contributed by atoms with van der Waals surface area (Å²) in [4.78, 5) is 22.7. The van der Waals surface area contributed by atoms with E-state index < -0.39 is 5.91 Å². The van der Waals surface area contributed by atoms with Crippen LogP contribution in [0.3, 0.4) is 0 Å². The summed E-state index contributed by atoms with van der Waals surface area (Å²) in [6, 6.07) is 7.03. The van der Waals surface area contributed by atoms with Crippen molar-refractivity contribution in [1.29, 1.82) is 0 Å². The number of hydrogen-bond acceptors (Lipinski definition) is 3. The van der Waals surface area contributed by atoms with Gasteiger partial charge in [-0.2, -0.15) is 0 Å². The molecule has 0 saturated heterocycles. The summed E-state index contributed by atoms with van der Waals surface area (Å²) in [5.74, 6) is -0.712. The first-order valence-electron chi connectivity index (χ1n) is 6.22. The molecule has 1 aromatic rings. The number of nitrogens with one attached hydrogen (secondary N) is 2. The van der Waals surface area contributed by atoms with E-state index in [4.69, 9.17) is 16.3 Å². The third kappa shape index (κ3) is 6.92. The summed E-state index contributed by atoms with van der Waals surface area (Å²) in [6.07, 6.45) is 3.15. The van der Waals surface area contributed by atoms with Crippen LogP contribution in [-0.2, 0) is 14.3 Å². The van der Waals surface area contributed by atoms with E-state index in [1.165, 1.54) is 6.08 Å². The van der Waals surface area contributed by atoms with Gasteiger partial charge in [0.05, 0.1) is 13.0 Å². The highest BCUT2D eigenvalue weighted by Crippen LogP contribution is 2.10. The van der Waals surface area contributed by atoms with E-state index >= 15 is 0 Å². The van der Waals surface area contributed by atoms with Crippen molar-refractivity contribution in [2.75, 3.05) is 13.2 Å². The monoisotopic (exact) mass is 296 g/mol. The van der Waals surface area contributed by atoms with Gasteiger partial charge in [-0.1, -0.05) is 23.7 Å². The molecule has 0 aliphatic rings. The predicted octanol–water partition coefficient (Wildman–Crippen LogP) is 1.93. The summed E-state index contributed by atoms with van der Waals surface area (Å²) in [7, 11) is 0. The Morgan fingerprint density at radius 1 is 1.25 bits per heavy atom. The highest BCUT2D eigenvalue weighted by molar-refractivity contribution is 6.30. The van der Waals surface area contributed by atoms with Crippen LogP contribution in [-0.4, -0.2) is 25.0 Å². The van der Waals surface area contributed by atoms with Crippen LogP contribution in [0.15, 0.2) is 30.3 Å². The molecule has 0 aliphatic carbocycles. The van der Waals surface area contributed by atoms with Crippen LogP contribution in [0.1, 0.15) is 18.9 Å². The van der Waals surface area contributed by atoms with E-state index in [-0.39, 0.29) is 12.3 Å². The molecule has 1 rings (SSSR count). The fourth-order valence-corrected chi connectivity index (χ4v) is 1.42. The van der Waals surface area contributed by atoms with Crippen LogP contribution in [0, 0.1) is 0 Å². The number of rotatable bonds is 6. The second-order valence-corrected chi connectivity index (χ2v) is 4.31. The molecule has 5 nitrogen and oxygen atoms in total. The van der Waals surface area contributed by atoms with Gasteiger partial charge in [0.25, 0.3) is 5.91 Å². The molecular formula is C14H17ClN2O3. The van der Waals surface area contributed by atoms with Gasteiger partial charge >= 0.3 is 0 Å². The molecule has 2 N–H and O–H groups in total. The normalized spacial score (nSPS) is 10.5. The zero-order chi connectivity index (χ0) is 14.8. The predicted molar refractivity (Wildman–Crippen MR) is 77.9 cm³/mol. The lowest BCUT2D eigenvalue weighted by Gasteiger charge is -2.05. The molecule has 0 spiro atoms. The highest BCUT2D eigenvalue weighted by atomic mass is 35.5. The third-order valence-electron chi connectivity index (χ3n) is 2.30. The van der Waals surface area contributed by atoms with Crippen LogP contribution < -0.4 is 10.9 Å². The van der Waals surface area contributed by atoms with Crippen molar-refractivity contribution in [3.8, 4) is 0 Å². The lowest BCUT2D eigenvalue weighted by atomic mass is 10.2. The smallest absolute Gasteiger partial charge is 0.262 e. The van der Waals surface area contributed by atoms with Gasteiger partial charge in [0.2, 0.25) is 5.91 Å². The van der Waals surface area contributed by atoms with E-state index in [1.807, 2.05) is 6.92 Å². The Labute approximate surface area is 122 Å². The van der Waals surface area contributed by atoms with Gasteiger partial charge in [0.15, 0.2) is 0 Å². The molecule has 0 aromatic heterocycles. The average molecular weight is 297 g/mol. The Morgan fingerprint density at radius 2 is 1.95 bits per heavy atom. The highest BCUT2D eigenvalue weighted by Gasteiger charge is 2.01. The minimum Gasteiger partial charge on any atom is -0.381 e. The molecule has 0 saturated carbocycles. The molecule has 0 aliphatic heterocycles. The second-order valence-electron chi connectivity index (χ2n) is 3.87. The van der Waals surface area contributed by atoms with Crippen LogP contribution >= 0.6 is 11.6 Å². The number of hydrogen-bond donors (Lipinski definition) is 2. The topological polar surface area (TPSA) is 67.4 Å². The minimum absolute atomic E-state index is 0.203. The van der Waals surface area contributed by atoms with Gasteiger partial charge < -0.3 is 4.74 Å². The largest absolute Gasteiger partial charge is 0.381 e. The molecule has 6 heteroatoms. The van der Waals surface area contributed by atoms with Crippen molar-refractivity contribution in [3.63, 3.8) is 0 Å². The summed E-state index contributed by atoms with van der Waals surface area (Å²) < 4.78 is 5.03. The standard InChI is InChI=1S/C14H17ClN2O3/c1-2-20-10-9-14(19)17-16-13(18)8-5-11-3-6-12(15)7-4-11/h3-8H,2,9-10H2,1H3,(H,16,18)(H,17,19)/b8-5+. The first-order chi connectivity index (χ1) is 9.61. The first kappa shape index (κ1) is 16.2. The van der Waals surface area contributed by atoms with E-state index in [2.05, 4.69) is 10.9 Å².